The number of benzene rings is 2. The third kappa shape index (κ3) is 2.55. The summed E-state index contributed by atoms with van der Waals surface area (Å²) in [6.07, 6.45) is 0. The van der Waals surface area contributed by atoms with Crippen LogP contribution in [0.25, 0.3) is 11.1 Å². The minimum atomic E-state index is -1.01. The normalized spacial score (nSPS) is 10.1. The van der Waals surface area contributed by atoms with Crippen LogP contribution >= 0.6 is 0 Å². The molecule has 0 aliphatic rings. The highest BCUT2D eigenvalue weighted by Crippen LogP contribution is 2.26. The molecule has 0 unspecified atom stereocenters. The largest absolute Gasteiger partial charge is 0.478 e. The molecule has 0 aliphatic heterocycles. The van der Waals surface area contributed by atoms with E-state index in [-0.39, 0.29) is 11.4 Å². The van der Waals surface area contributed by atoms with Crippen molar-refractivity contribution in [2.75, 3.05) is 5.73 Å². The fourth-order valence-electron chi connectivity index (χ4n) is 1.82. The van der Waals surface area contributed by atoms with Crippen LogP contribution in [-0.4, -0.2) is 16.9 Å². The van der Waals surface area contributed by atoms with Gasteiger partial charge in [0.25, 0.3) is 0 Å². The minimum absolute atomic E-state index is 0.0300. The number of hydrogen-bond acceptors (Lipinski definition) is 3. The lowest BCUT2D eigenvalue weighted by atomic mass is 9.98. The fourth-order valence-corrected chi connectivity index (χ4v) is 1.82. The smallest absolute Gasteiger partial charge is 0.336 e. The predicted octanol–water partition coefficient (Wildman–Crippen LogP) is 1.92. The van der Waals surface area contributed by atoms with E-state index in [1.807, 2.05) is 0 Å². The Morgan fingerprint density at radius 2 is 1.74 bits per heavy atom. The molecule has 2 aromatic rings. The van der Waals surface area contributed by atoms with Crippen molar-refractivity contribution < 1.29 is 9.90 Å². The van der Waals surface area contributed by atoms with Gasteiger partial charge in [0.1, 0.15) is 5.84 Å². The van der Waals surface area contributed by atoms with Gasteiger partial charge in [-0.3, -0.25) is 5.41 Å². The van der Waals surface area contributed by atoms with E-state index in [1.54, 1.807) is 36.4 Å². The van der Waals surface area contributed by atoms with Gasteiger partial charge in [0.2, 0.25) is 0 Å². The Labute approximate surface area is 110 Å². The van der Waals surface area contributed by atoms with Crippen molar-refractivity contribution in [3.8, 4) is 11.1 Å². The minimum Gasteiger partial charge on any atom is -0.478 e. The maximum absolute atomic E-state index is 11.2. The van der Waals surface area contributed by atoms with Crippen molar-refractivity contribution in [3.63, 3.8) is 0 Å². The number of rotatable bonds is 3. The van der Waals surface area contributed by atoms with E-state index in [0.717, 1.165) is 5.56 Å². The maximum atomic E-state index is 11.2. The molecule has 19 heavy (non-hydrogen) atoms. The Balaban J connectivity index is 2.54. The first-order valence-corrected chi connectivity index (χ1v) is 5.56. The molecule has 5 nitrogen and oxygen atoms in total. The number of hydrogen-bond donors (Lipinski definition) is 4. The molecule has 0 atom stereocenters. The van der Waals surface area contributed by atoms with E-state index >= 15 is 0 Å². The summed E-state index contributed by atoms with van der Waals surface area (Å²) < 4.78 is 0. The van der Waals surface area contributed by atoms with Gasteiger partial charge in [-0.1, -0.05) is 24.3 Å². The number of amidine groups is 1. The molecule has 96 valence electrons. The van der Waals surface area contributed by atoms with Crippen LogP contribution in [0.15, 0.2) is 42.5 Å². The number of aromatic carboxylic acids is 1. The Morgan fingerprint density at radius 1 is 1.11 bits per heavy atom. The Morgan fingerprint density at radius 3 is 2.26 bits per heavy atom. The van der Waals surface area contributed by atoms with Crippen molar-refractivity contribution in [1.29, 1.82) is 5.41 Å². The molecule has 0 amide bonds. The number of carboxylic acid groups (broad SMARTS) is 1. The van der Waals surface area contributed by atoms with Gasteiger partial charge in [-0.2, -0.15) is 0 Å². The second-order valence-electron chi connectivity index (χ2n) is 4.10. The van der Waals surface area contributed by atoms with E-state index in [4.69, 9.17) is 22.0 Å². The van der Waals surface area contributed by atoms with Gasteiger partial charge in [0.15, 0.2) is 0 Å². The SMILES string of the molecule is N=C(N)c1ccc(-c2cc(N)ccc2C(=O)O)cc1. The standard InChI is InChI=1S/C14H13N3O2/c15-10-5-6-11(14(18)19)12(7-10)8-1-3-9(4-2-8)13(16)17/h1-7H,15H2,(H3,16,17)(H,18,19). The van der Waals surface area contributed by atoms with E-state index in [9.17, 15) is 4.79 Å². The zero-order chi connectivity index (χ0) is 14.0. The molecular weight excluding hydrogens is 242 g/mol. The van der Waals surface area contributed by atoms with Crippen molar-refractivity contribution in [1.82, 2.24) is 0 Å². The third-order valence-corrected chi connectivity index (χ3v) is 2.78. The van der Waals surface area contributed by atoms with Gasteiger partial charge in [0, 0.05) is 11.3 Å². The van der Waals surface area contributed by atoms with Crippen LogP contribution in [0.1, 0.15) is 15.9 Å². The topological polar surface area (TPSA) is 113 Å². The van der Waals surface area contributed by atoms with Crippen molar-refractivity contribution >= 4 is 17.5 Å². The highest BCUT2D eigenvalue weighted by atomic mass is 16.4. The summed E-state index contributed by atoms with van der Waals surface area (Å²) in [7, 11) is 0. The van der Waals surface area contributed by atoms with Crippen LogP contribution in [0.2, 0.25) is 0 Å². The highest BCUT2D eigenvalue weighted by Gasteiger charge is 2.12. The van der Waals surface area contributed by atoms with Gasteiger partial charge in [-0.15, -0.1) is 0 Å². The average Bonchev–Trinajstić information content (AvgIpc) is 2.38. The van der Waals surface area contributed by atoms with Gasteiger partial charge >= 0.3 is 5.97 Å². The summed E-state index contributed by atoms with van der Waals surface area (Å²) >= 11 is 0. The third-order valence-electron chi connectivity index (χ3n) is 2.78. The number of nitrogens with one attached hydrogen (secondary N) is 1. The fraction of sp³-hybridized carbons (Fsp3) is 0. The lowest BCUT2D eigenvalue weighted by Crippen LogP contribution is -2.10. The Hall–Kier alpha value is -2.82. The van der Waals surface area contributed by atoms with Crippen LogP contribution in [0.3, 0.4) is 0 Å². The predicted molar refractivity (Wildman–Crippen MR) is 74.3 cm³/mol. The first-order chi connectivity index (χ1) is 8.99. The molecule has 0 heterocycles. The molecule has 6 N–H and O–H groups in total. The molecular formula is C14H13N3O2. The van der Waals surface area contributed by atoms with Crippen LogP contribution < -0.4 is 11.5 Å². The molecule has 0 fully saturated rings. The van der Waals surface area contributed by atoms with Crippen LogP contribution in [0.4, 0.5) is 5.69 Å². The molecule has 0 radical (unpaired) electrons. The van der Waals surface area contributed by atoms with Crippen LogP contribution in [0.5, 0.6) is 0 Å². The number of carbonyl (C=O) groups is 1. The lowest BCUT2D eigenvalue weighted by Gasteiger charge is -2.08. The number of nitrogens with two attached hydrogens (primary N) is 2. The number of nitrogen functional groups attached to an aromatic ring is 2. The molecule has 0 aromatic heterocycles. The summed E-state index contributed by atoms with van der Waals surface area (Å²) in [5.74, 6) is -1.04. The van der Waals surface area contributed by atoms with E-state index in [0.29, 0.717) is 16.8 Å². The van der Waals surface area contributed by atoms with Gasteiger partial charge in [0.05, 0.1) is 5.56 Å². The molecule has 0 saturated carbocycles. The second-order valence-corrected chi connectivity index (χ2v) is 4.10. The summed E-state index contributed by atoms with van der Waals surface area (Å²) in [6, 6.07) is 11.4. The first-order valence-electron chi connectivity index (χ1n) is 5.56. The van der Waals surface area contributed by atoms with Gasteiger partial charge in [-0.25, -0.2) is 4.79 Å². The lowest BCUT2D eigenvalue weighted by molar-refractivity contribution is 0.0698. The quantitative estimate of drug-likeness (QED) is 0.381. The Bertz CT molecular complexity index is 648. The maximum Gasteiger partial charge on any atom is 0.336 e. The van der Waals surface area contributed by atoms with E-state index in [1.165, 1.54) is 6.07 Å². The van der Waals surface area contributed by atoms with Crippen LogP contribution in [0, 0.1) is 5.41 Å². The monoisotopic (exact) mass is 255 g/mol. The summed E-state index contributed by atoms with van der Waals surface area (Å²) in [5.41, 5.74) is 13.6. The summed E-state index contributed by atoms with van der Waals surface area (Å²) in [4.78, 5) is 11.2. The zero-order valence-corrected chi connectivity index (χ0v) is 10.1. The van der Waals surface area contributed by atoms with E-state index in [2.05, 4.69) is 0 Å². The molecule has 0 spiro atoms. The van der Waals surface area contributed by atoms with Gasteiger partial charge < -0.3 is 16.6 Å². The average molecular weight is 255 g/mol. The Kier molecular flexibility index (Phi) is 3.20. The molecule has 2 aromatic carbocycles. The van der Waals surface area contributed by atoms with Crippen molar-refractivity contribution in [2.24, 2.45) is 5.73 Å². The summed E-state index contributed by atoms with van der Waals surface area (Å²) in [6.45, 7) is 0. The first kappa shape index (κ1) is 12.6. The number of anilines is 1. The molecule has 0 saturated heterocycles. The second kappa shape index (κ2) is 4.81. The van der Waals surface area contributed by atoms with Crippen LogP contribution in [-0.2, 0) is 0 Å². The molecule has 0 aliphatic carbocycles. The highest BCUT2D eigenvalue weighted by molar-refractivity contribution is 5.98. The molecule has 0 bridgehead atoms. The summed E-state index contributed by atoms with van der Waals surface area (Å²) in [5, 5.41) is 16.5. The van der Waals surface area contributed by atoms with E-state index < -0.39 is 5.97 Å². The zero-order valence-electron chi connectivity index (χ0n) is 10.1. The van der Waals surface area contributed by atoms with Crippen molar-refractivity contribution in [3.05, 3.63) is 53.6 Å². The molecule has 5 heteroatoms. The number of carboxylic acids is 1. The van der Waals surface area contributed by atoms with Gasteiger partial charge in [-0.05, 0) is 29.3 Å². The molecule has 2 rings (SSSR count). The van der Waals surface area contributed by atoms with Crippen molar-refractivity contribution in [2.45, 2.75) is 0 Å².